The van der Waals surface area contributed by atoms with Crippen LogP contribution in [-0.4, -0.2) is 30.0 Å². The van der Waals surface area contributed by atoms with Gasteiger partial charge in [-0.15, -0.1) is 6.42 Å². The minimum Gasteiger partial charge on any atom is -0.493 e. The molecular formula is C24H25N3O3. The Morgan fingerprint density at radius 1 is 1.10 bits per heavy atom. The minimum atomic E-state index is 0.573. The highest BCUT2D eigenvalue weighted by atomic mass is 16.5. The predicted molar refractivity (Wildman–Crippen MR) is 118 cm³/mol. The number of carbonyl (C=O) groups excluding carboxylic acids is 1. The van der Waals surface area contributed by atoms with Crippen LogP contribution in [0.15, 0.2) is 42.7 Å². The highest BCUT2D eigenvalue weighted by Crippen LogP contribution is 2.35. The van der Waals surface area contributed by atoms with Crippen LogP contribution in [-0.2, 0) is 4.79 Å². The lowest BCUT2D eigenvalue weighted by Gasteiger charge is -2.14. The summed E-state index contributed by atoms with van der Waals surface area (Å²) in [5.41, 5.74) is 2.38. The first kappa shape index (κ1) is 21.1. The molecule has 30 heavy (non-hydrogen) atoms. The van der Waals surface area contributed by atoms with Crippen molar-refractivity contribution in [3.8, 4) is 23.8 Å². The molecule has 0 spiro atoms. The van der Waals surface area contributed by atoms with Gasteiger partial charge in [0.2, 0.25) is 0 Å². The Bertz CT molecular complexity index is 1040. The number of hydrogen-bond acceptors (Lipinski definition) is 6. The Labute approximate surface area is 176 Å². The van der Waals surface area contributed by atoms with Crippen molar-refractivity contribution < 1.29 is 14.3 Å². The smallest absolute Gasteiger partial charge is 0.162 e. The number of nitrogens with zero attached hydrogens (tertiary/aromatic N) is 2. The van der Waals surface area contributed by atoms with Gasteiger partial charge < -0.3 is 19.6 Å². The monoisotopic (exact) mass is 403 g/mol. The summed E-state index contributed by atoms with van der Waals surface area (Å²) in [4.78, 5) is 19.1. The Balaban J connectivity index is 1.77. The van der Waals surface area contributed by atoms with E-state index >= 15 is 0 Å². The van der Waals surface area contributed by atoms with Gasteiger partial charge in [0.1, 0.15) is 18.4 Å². The predicted octanol–water partition coefficient (Wildman–Crippen LogP) is 4.89. The van der Waals surface area contributed by atoms with E-state index in [9.17, 15) is 4.79 Å². The molecule has 3 rings (SSSR count). The molecule has 6 nitrogen and oxygen atoms in total. The number of aromatic nitrogens is 2. The van der Waals surface area contributed by atoms with Gasteiger partial charge in [0, 0.05) is 29.1 Å². The van der Waals surface area contributed by atoms with E-state index in [0.717, 1.165) is 54.1 Å². The molecule has 2 aromatic carbocycles. The molecule has 0 saturated heterocycles. The molecule has 0 unspecified atom stereocenters. The summed E-state index contributed by atoms with van der Waals surface area (Å²) in [7, 11) is 1.61. The average Bonchev–Trinajstić information content (AvgIpc) is 2.78. The van der Waals surface area contributed by atoms with Gasteiger partial charge in [-0.2, -0.15) is 0 Å². The van der Waals surface area contributed by atoms with Crippen molar-refractivity contribution in [3.05, 3.63) is 48.3 Å². The molecule has 0 bridgehead atoms. The van der Waals surface area contributed by atoms with Crippen LogP contribution >= 0.6 is 0 Å². The lowest BCUT2D eigenvalue weighted by Crippen LogP contribution is -2.01. The second-order valence-electron chi connectivity index (χ2n) is 6.81. The van der Waals surface area contributed by atoms with Crippen LogP contribution in [0, 0.1) is 12.3 Å². The normalized spacial score (nSPS) is 10.4. The van der Waals surface area contributed by atoms with E-state index in [-0.39, 0.29) is 0 Å². The molecule has 0 aliphatic carbocycles. The largest absolute Gasteiger partial charge is 0.493 e. The molecule has 6 heteroatoms. The van der Waals surface area contributed by atoms with Crippen molar-refractivity contribution in [3.63, 3.8) is 0 Å². The molecule has 1 aromatic heterocycles. The number of anilines is 2. The highest BCUT2D eigenvalue weighted by molar-refractivity contribution is 5.93. The molecular weight excluding hydrogens is 378 g/mol. The summed E-state index contributed by atoms with van der Waals surface area (Å²) >= 11 is 0. The maximum atomic E-state index is 10.4. The number of unbranched alkanes of at least 4 members (excludes halogenated alkanes) is 4. The molecule has 0 aliphatic heterocycles. The third-order valence-electron chi connectivity index (χ3n) is 4.69. The van der Waals surface area contributed by atoms with E-state index in [1.54, 1.807) is 7.11 Å². The van der Waals surface area contributed by atoms with Crippen molar-refractivity contribution in [2.45, 2.75) is 32.1 Å². The zero-order valence-electron chi connectivity index (χ0n) is 17.1. The lowest BCUT2D eigenvalue weighted by molar-refractivity contribution is -0.107. The molecule has 0 amide bonds. The molecule has 0 radical (unpaired) electrons. The van der Waals surface area contributed by atoms with E-state index < -0.39 is 0 Å². The summed E-state index contributed by atoms with van der Waals surface area (Å²) < 4.78 is 11.5. The Hall–Kier alpha value is -3.59. The number of carbonyl (C=O) groups is 1. The SMILES string of the molecule is C#Cc1cccc(Nc2ncnc3cc(OC)c(OCCCCCCC=O)cc23)c1. The van der Waals surface area contributed by atoms with Gasteiger partial charge in [-0.05, 0) is 37.1 Å². The summed E-state index contributed by atoms with van der Waals surface area (Å²) in [6, 6.07) is 11.3. The topological polar surface area (TPSA) is 73.3 Å². The zero-order chi connectivity index (χ0) is 21.2. The van der Waals surface area contributed by atoms with E-state index in [4.69, 9.17) is 15.9 Å². The van der Waals surface area contributed by atoms with Crippen LogP contribution in [0.1, 0.15) is 37.7 Å². The van der Waals surface area contributed by atoms with Gasteiger partial charge in [0.05, 0.1) is 19.2 Å². The van der Waals surface area contributed by atoms with Crippen molar-refractivity contribution in [2.75, 3.05) is 19.0 Å². The Morgan fingerprint density at radius 2 is 1.97 bits per heavy atom. The number of fused-ring (bicyclic) bond motifs is 1. The number of rotatable bonds is 11. The molecule has 1 heterocycles. The lowest BCUT2D eigenvalue weighted by atomic mass is 10.1. The number of aldehydes is 1. The number of nitrogens with one attached hydrogen (secondary N) is 1. The molecule has 3 aromatic rings. The van der Waals surface area contributed by atoms with Gasteiger partial charge in [0.15, 0.2) is 11.5 Å². The van der Waals surface area contributed by atoms with Crippen molar-refractivity contribution in [1.29, 1.82) is 0 Å². The first-order valence-electron chi connectivity index (χ1n) is 9.98. The van der Waals surface area contributed by atoms with E-state index in [1.807, 2.05) is 36.4 Å². The minimum absolute atomic E-state index is 0.573. The molecule has 154 valence electrons. The Kier molecular flexibility index (Phi) is 7.62. The average molecular weight is 403 g/mol. The molecule has 0 aliphatic rings. The molecule has 0 fully saturated rings. The second-order valence-corrected chi connectivity index (χ2v) is 6.81. The zero-order valence-corrected chi connectivity index (χ0v) is 17.1. The molecule has 0 saturated carbocycles. The first-order valence-corrected chi connectivity index (χ1v) is 9.98. The number of hydrogen-bond donors (Lipinski definition) is 1. The third-order valence-corrected chi connectivity index (χ3v) is 4.69. The van der Waals surface area contributed by atoms with Gasteiger partial charge in [-0.25, -0.2) is 9.97 Å². The van der Waals surface area contributed by atoms with Crippen LogP contribution < -0.4 is 14.8 Å². The van der Waals surface area contributed by atoms with Crippen LogP contribution in [0.25, 0.3) is 10.9 Å². The van der Waals surface area contributed by atoms with E-state index in [1.165, 1.54) is 6.33 Å². The summed E-state index contributed by atoms with van der Waals surface area (Å²) in [5.74, 6) is 4.57. The maximum absolute atomic E-state index is 10.4. The van der Waals surface area contributed by atoms with Gasteiger partial charge in [-0.3, -0.25) is 0 Å². The van der Waals surface area contributed by atoms with Crippen molar-refractivity contribution in [1.82, 2.24) is 9.97 Å². The summed E-state index contributed by atoms with van der Waals surface area (Å²) in [6.45, 7) is 0.573. The fraction of sp³-hybridized carbons (Fsp3) is 0.292. The maximum Gasteiger partial charge on any atom is 0.162 e. The van der Waals surface area contributed by atoms with Crippen LogP contribution in [0.2, 0.25) is 0 Å². The quantitative estimate of drug-likeness (QED) is 0.279. The second kappa shape index (κ2) is 10.8. The third kappa shape index (κ3) is 5.48. The highest BCUT2D eigenvalue weighted by Gasteiger charge is 2.12. The number of ether oxygens (including phenoxy) is 2. The Morgan fingerprint density at radius 3 is 2.77 bits per heavy atom. The fourth-order valence-corrected chi connectivity index (χ4v) is 3.12. The molecule has 0 atom stereocenters. The fourth-order valence-electron chi connectivity index (χ4n) is 3.12. The van der Waals surface area contributed by atoms with Crippen LogP contribution in [0.3, 0.4) is 0 Å². The van der Waals surface area contributed by atoms with Crippen LogP contribution in [0.5, 0.6) is 11.5 Å². The summed E-state index contributed by atoms with van der Waals surface area (Å²) in [5, 5.41) is 4.14. The van der Waals surface area contributed by atoms with Gasteiger partial charge in [-0.1, -0.05) is 24.8 Å². The van der Waals surface area contributed by atoms with Gasteiger partial charge >= 0.3 is 0 Å². The molecule has 1 N–H and O–H groups in total. The van der Waals surface area contributed by atoms with E-state index in [0.29, 0.717) is 30.3 Å². The number of methoxy groups -OCH3 is 1. The number of terminal acetylenes is 1. The van der Waals surface area contributed by atoms with Crippen molar-refractivity contribution >= 4 is 28.7 Å². The summed E-state index contributed by atoms with van der Waals surface area (Å²) in [6.07, 6.45) is 12.5. The standard InChI is InChI=1S/C24H25N3O3/c1-3-18-10-9-11-19(14-18)27-24-20-15-23(30-13-8-6-4-5-7-12-28)22(29-2)16-21(20)25-17-26-24/h1,9-12,14-17H,4-8,13H2,2H3,(H,25,26,27). The van der Waals surface area contributed by atoms with Gasteiger partial charge in [0.25, 0.3) is 0 Å². The first-order chi connectivity index (χ1) is 14.7. The van der Waals surface area contributed by atoms with Crippen molar-refractivity contribution in [2.24, 2.45) is 0 Å². The van der Waals surface area contributed by atoms with E-state index in [2.05, 4.69) is 21.2 Å². The number of benzene rings is 2. The van der Waals surface area contributed by atoms with Crippen LogP contribution in [0.4, 0.5) is 11.5 Å².